The van der Waals surface area contributed by atoms with Crippen molar-refractivity contribution in [2.45, 2.75) is 66.2 Å². The molecule has 0 unspecified atom stereocenters. The zero-order valence-corrected chi connectivity index (χ0v) is 46.6. The second-order valence-corrected chi connectivity index (χ2v) is 22.0. The summed E-state index contributed by atoms with van der Waals surface area (Å²) in [6.07, 6.45) is -19.0. The molecular weight excluding hydrogens is 1120 g/mol. The van der Waals surface area contributed by atoms with Crippen LogP contribution < -0.4 is 0 Å². The van der Waals surface area contributed by atoms with E-state index in [-0.39, 0.29) is 55.9 Å². The Balaban J connectivity index is 1.22. The van der Waals surface area contributed by atoms with Gasteiger partial charge in [-0.2, -0.15) is 57.9 Å². The highest BCUT2D eigenvalue weighted by molar-refractivity contribution is 6.15. The van der Waals surface area contributed by atoms with E-state index < -0.39 is 47.0 Å². The van der Waals surface area contributed by atoms with Crippen LogP contribution in [0.5, 0.6) is 0 Å². The van der Waals surface area contributed by atoms with Gasteiger partial charge in [-0.1, -0.05) is 90.0 Å². The van der Waals surface area contributed by atoms with Crippen molar-refractivity contribution in [2.75, 3.05) is 0 Å². The van der Waals surface area contributed by atoms with Gasteiger partial charge >= 0.3 is 24.7 Å². The molecule has 430 valence electrons. The molecular formula is C71H47F12N3. The maximum absolute atomic E-state index is 16.0. The summed E-state index contributed by atoms with van der Waals surface area (Å²) >= 11 is 0. The second kappa shape index (κ2) is 20.3. The van der Waals surface area contributed by atoms with Gasteiger partial charge in [-0.05, 0) is 205 Å². The molecule has 0 aliphatic carbocycles. The van der Waals surface area contributed by atoms with E-state index in [2.05, 4.69) is 6.07 Å². The Labute approximate surface area is 485 Å². The smallest absolute Gasteiger partial charge is 0.308 e. The largest absolute Gasteiger partial charge is 0.417 e. The average Bonchev–Trinajstić information content (AvgIpc) is 1.51. The van der Waals surface area contributed by atoms with Crippen LogP contribution in [-0.2, 0) is 24.7 Å². The van der Waals surface area contributed by atoms with Crippen molar-refractivity contribution in [1.29, 1.82) is 5.26 Å². The molecule has 86 heavy (non-hydrogen) atoms. The second-order valence-electron chi connectivity index (χ2n) is 22.0. The maximum atomic E-state index is 16.0. The first-order chi connectivity index (χ1) is 40.6. The van der Waals surface area contributed by atoms with Gasteiger partial charge in [0, 0.05) is 32.7 Å². The van der Waals surface area contributed by atoms with Crippen molar-refractivity contribution >= 4 is 43.6 Å². The van der Waals surface area contributed by atoms with Gasteiger partial charge in [0.1, 0.15) is 0 Å². The third-order valence-electron chi connectivity index (χ3n) is 16.3. The lowest BCUT2D eigenvalue weighted by atomic mass is 9.90. The van der Waals surface area contributed by atoms with Crippen molar-refractivity contribution in [3.63, 3.8) is 0 Å². The number of alkyl halides is 12. The van der Waals surface area contributed by atoms with E-state index in [0.29, 0.717) is 71.4 Å². The van der Waals surface area contributed by atoms with E-state index in [1.165, 1.54) is 69.3 Å². The predicted octanol–water partition coefficient (Wildman–Crippen LogP) is 22.0. The Hall–Kier alpha value is -9.55. The Bertz CT molecular complexity index is 4720. The fraction of sp³-hybridized carbons (Fsp3) is 0.141. The van der Waals surface area contributed by atoms with Gasteiger partial charge in [-0.15, -0.1) is 0 Å². The first-order valence-corrected chi connectivity index (χ1v) is 27.1. The van der Waals surface area contributed by atoms with Crippen molar-refractivity contribution in [3.05, 3.63) is 237 Å². The molecule has 3 nitrogen and oxygen atoms in total. The standard InChI is InChI=1S/C71H47F12N3/c1-37-10-18-50(40(4)26-37)44-12-22-62-56(32-44)57-35-47(53-19-11-38(2)27-59(53)71(81,82)83)15-25-63(57)86(62)65-31-43(36-84)30-64(67(65)66-39(3)8-7-9-58(66)70(78,79)80)85-60-23-13-45(51-20-16-48(28-41(51)5)68(72,73)74)33-54(60)55-34-46(14-24-61(55)85)52-21-17-49(29-42(52)6)69(75,76)77/h7-35H,1-6H3. The Morgan fingerprint density at radius 2 is 0.698 bits per heavy atom. The minimum atomic E-state index is -4.98. The number of benzene rings is 10. The van der Waals surface area contributed by atoms with Crippen molar-refractivity contribution in [2.24, 2.45) is 0 Å². The lowest BCUT2D eigenvalue weighted by Crippen LogP contribution is -2.12. The van der Waals surface area contributed by atoms with E-state index in [9.17, 15) is 44.8 Å². The van der Waals surface area contributed by atoms with Gasteiger partial charge in [0.05, 0.1) is 67.3 Å². The van der Waals surface area contributed by atoms with Crippen molar-refractivity contribution < 1.29 is 52.7 Å². The summed E-state index contributed by atoms with van der Waals surface area (Å²) in [7, 11) is 0. The van der Waals surface area contributed by atoms with E-state index in [1.54, 1.807) is 76.7 Å². The van der Waals surface area contributed by atoms with Gasteiger partial charge in [0.2, 0.25) is 0 Å². The monoisotopic (exact) mass is 1170 g/mol. The lowest BCUT2D eigenvalue weighted by molar-refractivity contribution is -0.138. The topological polar surface area (TPSA) is 33.6 Å². The SMILES string of the molecule is Cc1ccc(-c2ccc3c(c2)c2cc(-c4ccc(C)cc4C(F)(F)F)ccc2n3-c2cc(C#N)cc(-n3c4ccc(-c5ccc(C(F)(F)F)cc5C)cc4c4cc(-c5ccc(C(F)(F)F)cc5C)ccc43)c2-c2c(C)cccc2C(F)(F)F)c(C)c1. The first kappa shape index (κ1) is 56.9. The predicted molar refractivity (Wildman–Crippen MR) is 315 cm³/mol. The molecule has 0 bridgehead atoms. The molecule has 15 heteroatoms. The molecule has 0 aliphatic heterocycles. The van der Waals surface area contributed by atoms with E-state index >= 15 is 13.2 Å². The van der Waals surface area contributed by atoms with Gasteiger partial charge in [-0.3, -0.25) is 0 Å². The summed E-state index contributed by atoms with van der Waals surface area (Å²) < 4.78 is 180. The van der Waals surface area contributed by atoms with E-state index in [4.69, 9.17) is 0 Å². The molecule has 0 radical (unpaired) electrons. The van der Waals surface area contributed by atoms with Crippen LogP contribution in [0.4, 0.5) is 52.7 Å². The number of hydrogen-bond donors (Lipinski definition) is 0. The number of hydrogen-bond acceptors (Lipinski definition) is 1. The molecule has 0 amide bonds. The highest BCUT2D eigenvalue weighted by Crippen LogP contribution is 2.50. The molecule has 10 aromatic carbocycles. The van der Waals surface area contributed by atoms with Crippen LogP contribution in [-0.4, -0.2) is 9.13 Å². The fourth-order valence-corrected chi connectivity index (χ4v) is 12.4. The molecule has 0 fully saturated rings. The lowest BCUT2D eigenvalue weighted by Gasteiger charge is -2.24. The molecule has 12 rings (SSSR count). The number of rotatable bonds is 7. The molecule has 0 saturated heterocycles. The Morgan fingerprint density at radius 1 is 0.326 bits per heavy atom. The van der Waals surface area contributed by atoms with Crippen LogP contribution in [0.2, 0.25) is 0 Å². The number of fused-ring (bicyclic) bond motifs is 6. The third kappa shape index (κ3) is 9.80. The number of nitriles is 1. The van der Waals surface area contributed by atoms with Gasteiger partial charge in [-0.25, -0.2) is 0 Å². The molecule has 0 atom stereocenters. The minimum Gasteiger partial charge on any atom is -0.308 e. The molecule has 0 aliphatic rings. The number of nitrogens with zero attached hydrogens (tertiary/aromatic N) is 3. The molecule has 0 saturated carbocycles. The van der Waals surface area contributed by atoms with Crippen molar-refractivity contribution in [3.8, 4) is 73.1 Å². The van der Waals surface area contributed by atoms with Crippen LogP contribution in [0, 0.1) is 52.9 Å². The summed E-state index contributed by atoms with van der Waals surface area (Å²) in [5, 5.41) is 13.0. The van der Waals surface area contributed by atoms with Crippen LogP contribution in [0.1, 0.15) is 61.2 Å². The molecule has 0 spiro atoms. The molecule has 2 heterocycles. The van der Waals surface area contributed by atoms with Crippen LogP contribution in [0.3, 0.4) is 0 Å². The number of halogens is 12. The van der Waals surface area contributed by atoms with Gasteiger partial charge in [0.25, 0.3) is 0 Å². The maximum Gasteiger partial charge on any atom is 0.417 e. The zero-order chi connectivity index (χ0) is 61.3. The highest BCUT2D eigenvalue weighted by Gasteiger charge is 2.38. The molecule has 12 aromatic rings. The normalized spacial score (nSPS) is 12.5. The van der Waals surface area contributed by atoms with E-state index in [1.807, 2.05) is 44.2 Å². The summed E-state index contributed by atoms with van der Waals surface area (Å²) in [6.45, 7) is 10.1. The minimum absolute atomic E-state index is 0.00196. The van der Waals surface area contributed by atoms with Crippen LogP contribution >= 0.6 is 0 Å². The zero-order valence-electron chi connectivity index (χ0n) is 46.6. The summed E-state index contributed by atoms with van der Waals surface area (Å²) in [6, 6.07) is 46.2. The fourth-order valence-electron chi connectivity index (χ4n) is 12.4. The molecule has 0 N–H and O–H groups in total. The van der Waals surface area contributed by atoms with Crippen LogP contribution in [0.15, 0.2) is 176 Å². The summed E-state index contributed by atoms with van der Waals surface area (Å²) in [5.41, 5.74) is 4.52. The van der Waals surface area contributed by atoms with Gasteiger partial charge in [0.15, 0.2) is 0 Å². The van der Waals surface area contributed by atoms with E-state index in [0.717, 1.165) is 58.7 Å². The van der Waals surface area contributed by atoms with Crippen molar-refractivity contribution in [1.82, 2.24) is 9.13 Å². The number of aromatic nitrogens is 2. The third-order valence-corrected chi connectivity index (χ3v) is 16.3. The molecule has 2 aromatic heterocycles. The average molecular weight is 1170 g/mol. The summed E-state index contributed by atoms with van der Waals surface area (Å²) in [5.74, 6) is 0. The van der Waals surface area contributed by atoms with Gasteiger partial charge < -0.3 is 9.13 Å². The first-order valence-electron chi connectivity index (χ1n) is 27.1. The van der Waals surface area contributed by atoms with Crippen LogP contribution in [0.25, 0.3) is 111 Å². The highest BCUT2D eigenvalue weighted by atomic mass is 19.4. The Morgan fingerprint density at radius 3 is 1.07 bits per heavy atom. The Kier molecular flexibility index (Phi) is 13.4. The quantitative estimate of drug-likeness (QED) is 0.146. The number of aryl methyl sites for hydroxylation is 6. The summed E-state index contributed by atoms with van der Waals surface area (Å²) in [4.78, 5) is 0.